The minimum absolute atomic E-state index is 0.311. The lowest BCUT2D eigenvalue weighted by Gasteiger charge is -2.32. The summed E-state index contributed by atoms with van der Waals surface area (Å²) in [4.78, 5) is 2.45. The van der Waals surface area contributed by atoms with E-state index in [0.717, 1.165) is 24.9 Å². The number of hydrogen-bond donors (Lipinski definition) is 1. The number of benzene rings is 3. The molecule has 2 nitrogen and oxygen atoms in total. The van der Waals surface area contributed by atoms with Crippen LogP contribution in [-0.4, -0.2) is 6.04 Å². The molecule has 30 heavy (non-hydrogen) atoms. The van der Waals surface area contributed by atoms with Gasteiger partial charge in [0.05, 0.1) is 5.69 Å². The highest BCUT2D eigenvalue weighted by Gasteiger charge is 2.20. The third-order valence-corrected chi connectivity index (χ3v) is 5.75. The number of para-hydroxylation sites is 1. The maximum atomic E-state index is 3.61. The maximum Gasteiger partial charge on any atom is 0.0536 e. The smallest absolute Gasteiger partial charge is 0.0536 e. The monoisotopic (exact) mass is 390 g/mol. The van der Waals surface area contributed by atoms with Crippen molar-refractivity contribution in [3.8, 4) is 0 Å². The van der Waals surface area contributed by atoms with Crippen molar-refractivity contribution in [2.24, 2.45) is 0 Å². The number of nitrogens with zero attached hydrogens (tertiary/aromatic N) is 1. The van der Waals surface area contributed by atoms with Crippen LogP contribution in [0.4, 0.5) is 11.4 Å². The Morgan fingerprint density at radius 1 is 0.867 bits per heavy atom. The van der Waals surface area contributed by atoms with Crippen LogP contribution in [-0.2, 0) is 0 Å². The number of nitrogens with one attached hydrogen (secondary N) is 1. The maximum absolute atomic E-state index is 3.61. The molecule has 0 spiro atoms. The Morgan fingerprint density at radius 2 is 1.70 bits per heavy atom. The highest BCUT2D eigenvalue weighted by atomic mass is 15.2. The predicted octanol–water partition coefficient (Wildman–Crippen LogP) is 7.20. The first kappa shape index (κ1) is 18.5. The first-order valence-corrected chi connectivity index (χ1v) is 10.7. The average molecular weight is 391 g/mol. The van der Waals surface area contributed by atoms with Gasteiger partial charge in [0.2, 0.25) is 0 Å². The molecule has 3 aromatic carbocycles. The van der Waals surface area contributed by atoms with E-state index in [1.165, 1.54) is 27.9 Å². The number of fused-ring (bicyclic) bond motifs is 1. The van der Waals surface area contributed by atoms with Gasteiger partial charge in [0.15, 0.2) is 0 Å². The van der Waals surface area contributed by atoms with E-state index < -0.39 is 0 Å². The Kier molecular flexibility index (Phi) is 5.22. The summed E-state index contributed by atoms with van der Waals surface area (Å²) in [6.07, 6.45) is 16.7. The average Bonchev–Trinajstić information content (AvgIpc) is 2.82. The minimum atomic E-state index is 0.311. The standard InChI is InChI=1S/C28H26N2/c1-3-12-23(13-4-1)29-24-18-20-26(21-19-24)30(25-14-5-2-6-15-25)28-17-9-11-22-10-7-8-16-27(22)28/h1-5,7-14,16-18,20-21,24,29H,6,15,19H2. The summed E-state index contributed by atoms with van der Waals surface area (Å²) < 4.78 is 0. The van der Waals surface area contributed by atoms with Crippen LogP contribution in [0.3, 0.4) is 0 Å². The molecule has 0 saturated carbocycles. The van der Waals surface area contributed by atoms with Crippen LogP contribution in [0.25, 0.3) is 10.8 Å². The second-order valence-electron chi connectivity index (χ2n) is 7.80. The third-order valence-electron chi connectivity index (χ3n) is 5.75. The molecule has 5 rings (SSSR count). The lowest BCUT2D eigenvalue weighted by atomic mass is 10.0. The normalized spacial score (nSPS) is 18.1. The van der Waals surface area contributed by atoms with E-state index in [1.807, 2.05) is 6.07 Å². The molecule has 0 radical (unpaired) electrons. The molecule has 0 aromatic heterocycles. The Balaban J connectivity index is 1.48. The number of rotatable bonds is 5. The van der Waals surface area contributed by atoms with E-state index >= 15 is 0 Å². The van der Waals surface area contributed by atoms with E-state index in [2.05, 4.69) is 113 Å². The van der Waals surface area contributed by atoms with Crippen LogP contribution < -0.4 is 10.2 Å². The van der Waals surface area contributed by atoms with Crippen molar-refractivity contribution in [1.82, 2.24) is 0 Å². The van der Waals surface area contributed by atoms with Crippen molar-refractivity contribution >= 4 is 22.1 Å². The second-order valence-corrected chi connectivity index (χ2v) is 7.80. The minimum Gasteiger partial charge on any atom is -0.379 e. The van der Waals surface area contributed by atoms with Gasteiger partial charge in [-0.05, 0) is 55.0 Å². The fourth-order valence-corrected chi connectivity index (χ4v) is 4.27. The molecule has 1 unspecified atom stereocenters. The number of hydrogen-bond acceptors (Lipinski definition) is 2. The Morgan fingerprint density at radius 3 is 2.50 bits per heavy atom. The summed E-state index contributed by atoms with van der Waals surface area (Å²) in [7, 11) is 0. The number of allylic oxidation sites excluding steroid dienone is 5. The summed E-state index contributed by atoms with van der Waals surface area (Å²) in [6, 6.07) is 26.0. The summed E-state index contributed by atoms with van der Waals surface area (Å²) in [5.41, 5.74) is 5.01. The molecular weight excluding hydrogens is 364 g/mol. The van der Waals surface area contributed by atoms with Crippen molar-refractivity contribution in [1.29, 1.82) is 0 Å². The molecule has 1 atom stereocenters. The number of anilines is 2. The predicted molar refractivity (Wildman–Crippen MR) is 129 cm³/mol. The van der Waals surface area contributed by atoms with Gasteiger partial charge >= 0.3 is 0 Å². The van der Waals surface area contributed by atoms with Gasteiger partial charge in [0.1, 0.15) is 0 Å². The molecule has 0 amide bonds. The Hall–Kier alpha value is -3.52. The SMILES string of the molecule is C1=CCCC(N(C2=CCC(Nc3ccccc3)C=C2)c2cccc3ccccc23)=C1. The summed E-state index contributed by atoms with van der Waals surface area (Å²) in [5, 5.41) is 6.17. The summed E-state index contributed by atoms with van der Waals surface area (Å²) >= 11 is 0. The zero-order valence-electron chi connectivity index (χ0n) is 17.0. The molecule has 0 aliphatic heterocycles. The molecular formula is C28H26N2. The molecule has 0 saturated heterocycles. The van der Waals surface area contributed by atoms with Gasteiger partial charge in [-0.2, -0.15) is 0 Å². The van der Waals surface area contributed by atoms with Gasteiger partial charge in [-0.1, -0.05) is 78.9 Å². The van der Waals surface area contributed by atoms with E-state index in [1.54, 1.807) is 0 Å². The topological polar surface area (TPSA) is 15.3 Å². The second kappa shape index (κ2) is 8.46. The van der Waals surface area contributed by atoms with Gasteiger partial charge < -0.3 is 10.2 Å². The first-order valence-electron chi connectivity index (χ1n) is 10.7. The van der Waals surface area contributed by atoms with E-state index in [4.69, 9.17) is 0 Å². The first-order chi connectivity index (χ1) is 14.9. The van der Waals surface area contributed by atoms with Gasteiger partial charge in [-0.15, -0.1) is 0 Å². The van der Waals surface area contributed by atoms with Crippen LogP contribution in [0.5, 0.6) is 0 Å². The zero-order valence-corrected chi connectivity index (χ0v) is 17.0. The molecule has 0 bridgehead atoms. The van der Waals surface area contributed by atoms with Crippen molar-refractivity contribution in [2.75, 3.05) is 10.2 Å². The summed E-state index contributed by atoms with van der Waals surface area (Å²) in [6.45, 7) is 0. The van der Waals surface area contributed by atoms with E-state index in [-0.39, 0.29) is 0 Å². The molecule has 2 aliphatic rings. The van der Waals surface area contributed by atoms with Crippen LogP contribution in [0.1, 0.15) is 19.3 Å². The van der Waals surface area contributed by atoms with Crippen molar-refractivity contribution in [3.05, 3.63) is 121 Å². The van der Waals surface area contributed by atoms with Crippen LogP contribution >= 0.6 is 0 Å². The van der Waals surface area contributed by atoms with Crippen LogP contribution in [0, 0.1) is 0 Å². The van der Waals surface area contributed by atoms with Crippen LogP contribution in [0.15, 0.2) is 121 Å². The Bertz CT molecular complexity index is 1150. The lowest BCUT2D eigenvalue weighted by molar-refractivity contribution is 0.848. The highest BCUT2D eigenvalue weighted by molar-refractivity contribution is 5.96. The van der Waals surface area contributed by atoms with Crippen molar-refractivity contribution < 1.29 is 0 Å². The summed E-state index contributed by atoms with van der Waals surface area (Å²) in [5.74, 6) is 0. The van der Waals surface area contributed by atoms with Gasteiger partial charge in [0, 0.05) is 28.5 Å². The fourth-order valence-electron chi connectivity index (χ4n) is 4.27. The largest absolute Gasteiger partial charge is 0.379 e. The van der Waals surface area contributed by atoms with E-state index in [9.17, 15) is 0 Å². The Labute approximate surface area is 178 Å². The van der Waals surface area contributed by atoms with Gasteiger partial charge in [-0.3, -0.25) is 0 Å². The van der Waals surface area contributed by atoms with Gasteiger partial charge in [0.25, 0.3) is 0 Å². The lowest BCUT2D eigenvalue weighted by Crippen LogP contribution is -2.26. The van der Waals surface area contributed by atoms with E-state index in [0.29, 0.717) is 6.04 Å². The third kappa shape index (κ3) is 3.81. The highest BCUT2D eigenvalue weighted by Crippen LogP contribution is 2.36. The molecule has 3 aromatic rings. The molecule has 0 fully saturated rings. The molecule has 148 valence electrons. The molecule has 0 heterocycles. The van der Waals surface area contributed by atoms with Gasteiger partial charge in [-0.25, -0.2) is 0 Å². The molecule has 2 aliphatic carbocycles. The van der Waals surface area contributed by atoms with Crippen molar-refractivity contribution in [2.45, 2.75) is 25.3 Å². The molecule has 1 N–H and O–H groups in total. The van der Waals surface area contributed by atoms with Crippen LogP contribution in [0.2, 0.25) is 0 Å². The molecule has 2 heteroatoms. The quantitative estimate of drug-likeness (QED) is 0.495. The zero-order chi connectivity index (χ0) is 20.2. The fraction of sp³-hybridized carbons (Fsp3) is 0.143. The van der Waals surface area contributed by atoms with Crippen molar-refractivity contribution in [3.63, 3.8) is 0 Å².